The summed E-state index contributed by atoms with van der Waals surface area (Å²) in [4.78, 5) is 9.43. The number of hydrogen-bond donors (Lipinski definition) is 0. The van der Waals surface area contributed by atoms with Crippen molar-refractivity contribution in [3.8, 4) is 5.75 Å². The first-order valence-electron chi connectivity index (χ1n) is 3.23. The minimum Gasteiger partial charge on any atom is -0.495 e. The molecule has 0 saturated carbocycles. The Hall–Kier alpha value is -1.36. The molecule has 1 rings (SSSR count). The summed E-state index contributed by atoms with van der Waals surface area (Å²) in [6, 6.07) is 1.79. The maximum Gasteiger partial charge on any atom is 0.308 e. The van der Waals surface area contributed by atoms with Gasteiger partial charge in [0.1, 0.15) is 5.75 Å². The highest BCUT2D eigenvalue weighted by Crippen LogP contribution is 2.30. The topological polar surface area (TPSA) is 52.4 Å². The second kappa shape index (κ2) is 3.57. The molecule has 0 radical (unpaired) electrons. The van der Waals surface area contributed by atoms with Crippen LogP contribution in [0.15, 0.2) is 12.1 Å². The van der Waals surface area contributed by atoms with Crippen LogP contribution >= 0.6 is 11.6 Å². The zero-order chi connectivity index (χ0) is 10.0. The van der Waals surface area contributed by atoms with Gasteiger partial charge in [-0.3, -0.25) is 10.1 Å². The summed E-state index contributed by atoms with van der Waals surface area (Å²) < 4.78 is 17.5. The zero-order valence-corrected chi connectivity index (χ0v) is 7.34. The first-order chi connectivity index (χ1) is 6.06. The Balaban J connectivity index is 3.30. The van der Waals surface area contributed by atoms with Crippen LogP contribution in [0.1, 0.15) is 0 Å². The van der Waals surface area contributed by atoms with Crippen molar-refractivity contribution in [2.24, 2.45) is 0 Å². The standard InChI is InChI=1S/C7H5ClFNO3/c1-13-7-3-6(10(11)12)5(9)2-4(7)8/h2-3H,1H3. The van der Waals surface area contributed by atoms with E-state index in [0.29, 0.717) is 0 Å². The molecule has 6 heteroatoms. The van der Waals surface area contributed by atoms with Crippen LogP contribution in [0.4, 0.5) is 10.1 Å². The van der Waals surface area contributed by atoms with Crippen LogP contribution in [-0.4, -0.2) is 12.0 Å². The molecule has 0 aliphatic heterocycles. The van der Waals surface area contributed by atoms with Crippen LogP contribution in [0.2, 0.25) is 5.02 Å². The maximum absolute atomic E-state index is 12.8. The van der Waals surface area contributed by atoms with E-state index in [1.807, 2.05) is 0 Å². The van der Waals surface area contributed by atoms with Gasteiger partial charge in [0.2, 0.25) is 5.82 Å². The molecule has 0 aliphatic rings. The van der Waals surface area contributed by atoms with Crippen molar-refractivity contribution in [1.29, 1.82) is 0 Å². The third-order valence-electron chi connectivity index (χ3n) is 1.42. The number of nitrogens with zero attached hydrogens (tertiary/aromatic N) is 1. The van der Waals surface area contributed by atoms with Gasteiger partial charge < -0.3 is 4.74 Å². The van der Waals surface area contributed by atoms with E-state index in [1.165, 1.54) is 7.11 Å². The average molecular weight is 206 g/mol. The smallest absolute Gasteiger partial charge is 0.308 e. The molecular formula is C7H5ClFNO3. The molecule has 0 N–H and O–H groups in total. The molecule has 0 spiro atoms. The van der Waals surface area contributed by atoms with Gasteiger partial charge in [0.05, 0.1) is 23.1 Å². The fraction of sp³-hybridized carbons (Fsp3) is 0.143. The number of halogens is 2. The maximum atomic E-state index is 12.8. The predicted molar refractivity (Wildman–Crippen MR) is 44.6 cm³/mol. The van der Waals surface area contributed by atoms with Gasteiger partial charge in [-0.1, -0.05) is 11.6 Å². The van der Waals surface area contributed by atoms with Crippen molar-refractivity contribution >= 4 is 17.3 Å². The fourth-order valence-electron chi connectivity index (χ4n) is 0.815. The number of rotatable bonds is 2. The highest BCUT2D eigenvalue weighted by molar-refractivity contribution is 6.32. The summed E-state index contributed by atoms with van der Waals surface area (Å²) in [5.41, 5.74) is -0.652. The quantitative estimate of drug-likeness (QED) is 0.550. The van der Waals surface area contributed by atoms with Gasteiger partial charge in [0, 0.05) is 6.07 Å². The van der Waals surface area contributed by atoms with E-state index >= 15 is 0 Å². The number of hydrogen-bond acceptors (Lipinski definition) is 3. The van der Waals surface area contributed by atoms with Crippen molar-refractivity contribution < 1.29 is 14.1 Å². The van der Waals surface area contributed by atoms with Crippen LogP contribution < -0.4 is 4.74 Å². The minimum atomic E-state index is -0.976. The van der Waals surface area contributed by atoms with Crippen molar-refractivity contribution in [3.05, 3.63) is 33.1 Å². The summed E-state index contributed by atoms with van der Waals surface area (Å²) in [5, 5.41) is 10.3. The van der Waals surface area contributed by atoms with Gasteiger partial charge in [0.15, 0.2) is 0 Å². The van der Waals surface area contributed by atoms with Gasteiger partial charge in [-0.25, -0.2) is 0 Å². The normalized spacial score (nSPS) is 9.77. The second-order valence-corrected chi connectivity index (χ2v) is 2.60. The lowest BCUT2D eigenvalue weighted by Gasteiger charge is -2.02. The number of nitro groups is 1. The number of benzene rings is 1. The third-order valence-corrected chi connectivity index (χ3v) is 1.71. The van der Waals surface area contributed by atoms with Gasteiger partial charge in [-0.15, -0.1) is 0 Å². The van der Waals surface area contributed by atoms with E-state index in [1.54, 1.807) is 0 Å². The van der Waals surface area contributed by atoms with Gasteiger partial charge in [0.25, 0.3) is 0 Å². The molecule has 0 atom stereocenters. The Morgan fingerprint density at radius 2 is 2.23 bits per heavy atom. The Morgan fingerprint density at radius 3 is 2.69 bits per heavy atom. The lowest BCUT2D eigenvalue weighted by molar-refractivity contribution is -0.387. The van der Waals surface area contributed by atoms with Crippen molar-refractivity contribution in [2.45, 2.75) is 0 Å². The SMILES string of the molecule is COc1cc([N+](=O)[O-])c(F)cc1Cl. The summed E-state index contributed by atoms with van der Waals surface area (Å²) in [7, 11) is 1.29. The summed E-state index contributed by atoms with van der Waals surface area (Å²) in [6.07, 6.45) is 0. The first-order valence-corrected chi connectivity index (χ1v) is 3.61. The minimum absolute atomic E-state index is 0.00519. The molecule has 4 nitrogen and oxygen atoms in total. The van der Waals surface area contributed by atoms with Crippen LogP contribution in [-0.2, 0) is 0 Å². The molecule has 0 unspecified atom stereocenters. The average Bonchev–Trinajstić information content (AvgIpc) is 2.03. The molecule has 70 valence electrons. The van der Waals surface area contributed by atoms with E-state index < -0.39 is 16.4 Å². The molecule has 0 aromatic heterocycles. The van der Waals surface area contributed by atoms with Gasteiger partial charge >= 0.3 is 5.69 Å². The second-order valence-electron chi connectivity index (χ2n) is 2.20. The molecule has 0 bridgehead atoms. The highest BCUT2D eigenvalue weighted by atomic mass is 35.5. The molecule has 13 heavy (non-hydrogen) atoms. The van der Waals surface area contributed by atoms with Crippen LogP contribution in [0.5, 0.6) is 5.75 Å². The molecule has 1 aromatic rings. The number of methoxy groups -OCH3 is 1. The molecular weight excluding hydrogens is 201 g/mol. The van der Waals surface area contributed by atoms with E-state index in [2.05, 4.69) is 4.74 Å². The number of nitro benzene ring substituents is 1. The summed E-state index contributed by atoms with van der Waals surface area (Å²) >= 11 is 5.52. The van der Waals surface area contributed by atoms with E-state index in [4.69, 9.17) is 11.6 Å². The Labute approximate surface area is 78.0 Å². The molecule has 0 amide bonds. The van der Waals surface area contributed by atoms with Crippen LogP contribution in [0.25, 0.3) is 0 Å². The van der Waals surface area contributed by atoms with Crippen LogP contribution in [0.3, 0.4) is 0 Å². The van der Waals surface area contributed by atoms with Crippen molar-refractivity contribution in [3.63, 3.8) is 0 Å². The fourth-order valence-corrected chi connectivity index (χ4v) is 1.04. The first kappa shape index (κ1) is 9.73. The van der Waals surface area contributed by atoms with Crippen LogP contribution in [0, 0.1) is 15.9 Å². The lowest BCUT2D eigenvalue weighted by Crippen LogP contribution is -1.94. The Bertz CT molecular complexity index is 356. The highest BCUT2D eigenvalue weighted by Gasteiger charge is 2.17. The molecule has 0 aliphatic carbocycles. The molecule has 0 saturated heterocycles. The van der Waals surface area contributed by atoms with E-state index in [0.717, 1.165) is 12.1 Å². The summed E-state index contributed by atoms with van der Waals surface area (Å²) in [6.45, 7) is 0. The number of ether oxygens (including phenoxy) is 1. The Morgan fingerprint density at radius 1 is 1.62 bits per heavy atom. The third kappa shape index (κ3) is 1.86. The van der Waals surface area contributed by atoms with Gasteiger partial charge in [-0.2, -0.15) is 4.39 Å². The monoisotopic (exact) mass is 205 g/mol. The van der Waals surface area contributed by atoms with E-state index in [-0.39, 0.29) is 10.8 Å². The van der Waals surface area contributed by atoms with Crippen molar-refractivity contribution in [1.82, 2.24) is 0 Å². The summed E-state index contributed by atoms with van der Waals surface area (Å²) in [5.74, 6) is -0.898. The van der Waals surface area contributed by atoms with E-state index in [9.17, 15) is 14.5 Å². The van der Waals surface area contributed by atoms with Crippen molar-refractivity contribution in [2.75, 3.05) is 7.11 Å². The predicted octanol–water partition coefficient (Wildman–Crippen LogP) is 2.40. The zero-order valence-electron chi connectivity index (χ0n) is 6.58. The lowest BCUT2D eigenvalue weighted by atomic mass is 10.3. The Kier molecular flexibility index (Phi) is 2.67. The largest absolute Gasteiger partial charge is 0.495 e. The molecule has 1 aromatic carbocycles. The molecule has 0 fully saturated rings. The van der Waals surface area contributed by atoms with Gasteiger partial charge in [-0.05, 0) is 0 Å². The molecule has 0 heterocycles.